The van der Waals surface area contributed by atoms with E-state index >= 15 is 0 Å². The SMILES string of the molecule is Nc1c(-c2nc3ccc(C(=O)N4CCN(C5CCCCC5)CC4)cc3[nH]2)cnc2ccccc12. The molecule has 3 heterocycles. The Morgan fingerprint density at radius 1 is 0.971 bits per heavy atom. The number of anilines is 1. The fourth-order valence-corrected chi connectivity index (χ4v) is 5.54. The topological polar surface area (TPSA) is 91.1 Å². The molecule has 0 bridgehead atoms. The Hall–Kier alpha value is -3.45. The normalized spacial score (nSPS) is 18.1. The van der Waals surface area contributed by atoms with Gasteiger partial charge in [0.25, 0.3) is 5.91 Å². The molecular formula is C27H30N6O. The van der Waals surface area contributed by atoms with Gasteiger partial charge in [0.2, 0.25) is 0 Å². The highest BCUT2D eigenvalue weighted by molar-refractivity contribution is 5.99. The second-order valence-corrected chi connectivity index (χ2v) is 9.54. The highest BCUT2D eigenvalue weighted by atomic mass is 16.2. The number of carbonyl (C=O) groups excluding carboxylic acids is 1. The predicted octanol–water partition coefficient (Wildman–Crippen LogP) is 4.45. The van der Waals surface area contributed by atoms with Crippen LogP contribution < -0.4 is 5.73 Å². The summed E-state index contributed by atoms with van der Waals surface area (Å²) < 4.78 is 0. The fourth-order valence-electron chi connectivity index (χ4n) is 5.54. The minimum Gasteiger partial charge on any atom is -0.398 e. The lowest BCUT2D eigenvalue weighted by molar-refractivity contribution is 0.0523. The Kier molecular flexibility index (Phi) is 5.41. The number of para-hydroxylation sites is 1. The van der Waals surface area contributed by atoms with E-state index in [0.29, 0.717) is 23.1 Å². The molecule has 174 valence electrons. The number of nitrogen functional groups attached to an aromatic ring is 1. The molecule has 7 heteroatoms. The van der Waals surface area contributed by atoms with Crippen LogP contribution in [0, 0.1) is 0 Å². The summed E-state index contributed by atoms with van der Waals surface area (Å²) in [5, 5.41) is 0.906. The summed E-state index contributed by atoms with van der Waals surface area (Å²) in [6.07, 6.45) is 8.44. The summed E-state index contributed by atoms with van der Waals surface area (Å²) in [6.45, 7) is 3.53. The van der Waals surface area contributed by atoms with Gasteiger partial charge in [0.15, 0.2) is 0 Å². The van der Waals surface area contributed by atoms with Gasteiger partial charge in [-0.15, -0.1) is 0 Å². The number of nitrogens with zero attached hydrogens (tertiary/aromatic N) is 4. The van der Waals surface area contributed by atoms with E-state index in [9.17, 15) is 4.79 Å². The molecule has 3 N–H and O–H groups in total. The Morgan fingerprint density at radius 3 is 2.59 bits per heavy atom. The van der Waals surface area contributed by atoms with Crippen LogP contribution in [0.25, 0.3) is 33.3 Å². The smallest absolute Gasteiger partial charge is 0.254 e. The Balaban J connectivity index is 1.21. The van der Waals surface area contributed by atoms with E-state index < -0.39 is 0 Å². The first kappa shape index (κ1) is 21.1. The van der Waals surface area contributed by atoms with Crippen LogP contribution in [-0.2, 0) is 0 Å². The number of piperazine rings is 1. The van der Waals surface area contributed by atoms with Gasteiger partial charge in [0, 0.05) is 49.4 Å². The molecule has 6 rings (SSSR count). The van der Waals surface area contributed by atoms with Gasteiger partial charge in [-0.05, 0) is 37.1 Å². The number of carbonyl (C=O) groups is 1. The minimum absolute atomic E-state index is 0.0910. The first-order valence-electron chi connectivity index (χ1n) is 12.3. The summed E-state index contributed by atoms with van der Waals surface area (Å²) in [4.78, 5) is 30.4. The molecule has 0 spiro atoms. The maximum atomic E-state index is 13.2. The number of hydrogen-bond acceptors (Lipinski definition) is 5. The van der Waals surface area contributed by atoms with Crippen molar-refractivity contribution in [1.82, 2.24) is 24.8 Å². The fraction of sp³-hybridized carbons (Fsp3) is 0.370. The quantitative estimate of drug-likeness (QED) is 0.477. The second kappa shape index (κ2) is 8.72. The van der Waals surface area contributed by atoms with Gasteiger partial charge in [-0.2, -0.15) is 0 Å². The Labute approximate surface area is 199 Å². The van der Waals surface area contributed by atoms with Crippen LogP contribution in [0.2, 0.25) is 0 Å². The van der Waals surface area contributed by atoms with E-state index in [0.717, 1.165) is 53.7 Å². The summed E-state index contributed by atoms with van der Waals surface area (Å²) in [5.74, 6) is 0.754. The minimum atomic E-state index is 0.0910. The molecule has 2 aromatic heterocycles. The zero-order chi connectivity index (χ0) is 23.1. The van der Waals surface area contributed by atoms with Crippen molar-refractivity contribution in [2.75, 3.05) is 31.9 Å². The van der Waals surface area contributed by atoms with Crippen molar-refractivity contribution in [3.63, 3.8) is 0 Å². The molecule has 0 unspecified atom stereocenters. The third-order valence-corrected chi connectivity index (χ3v) is 7.49. The average Bonchev–Trinajstić information content (AvgIpc) is 3.32. The van der Waals surface area contributed by atoms with Gasteiger partial charge in [0.05, 0.1) is 27.8 Å². The van der Waals surface area contributed by atoms with Crippen molar-refractivity contribution < 1.29 is 4.79 Å². The van der Waals surface area contributed by atoms with Crippen molar-refractivity contribution in [2.45, 2.75) is 38.1 Å². The number of nitrogens with one attached hydrogen (secondary N) is 1. The lowest BCUT2D eigenvalue weighted by Crippen LogP contribution is -2.52. The molecule has 1 saturated heterocycles. The van der Waals surface area contributed by atoms with Crippen LogP contribution in [0.3, 0.4) is 0 Å². The molecule has 7 nitrogen and oxygen atoms in total. The van der Waals surface area contributed by atoms with E-state index in [1.807, 2.05) is 47.4 Å². The van der Waals surface area contributed by atoms with Gasteiger partial charge in [-0.3, -0.25) is 14.7 Å². The molecule has 2 aromatic carbocycles. The van der Waals surface area contributed by atoms with Gasteiger partial charge >= 0.3 is 0 Å². The van der Waals surface area contributed by atoms with E-state index in [1.54, 1.807) is 6.20 Å². The third-order valence-electron chi connectivity index (χ3n) is 7.49. The first-order chi connectivity index (χ1) is 16.7. The molecule has 1 amide bonds. The lowest BCUT2D eigenvalue weighted by Gasteiger charge is -2.40. The number of imidazole rings is 1. The number of amides is 1. The predicted molar refractivity (Wildman–Crippen MR) is 136 cm³/mol. The largest absolute Gasteiger partial charge is 0.398 e. The Morgan fingerprint density at radius 2 is 1.76 bits per heavy atom. The van der Waals surface area contributed by atoms with Crippen molar-refractivity contribution in [3.8, 4) is 11.4 Å². The highest BCUT2D eigenvalue weighted by Gasteiger charge is 2.27. The lowest BCUT2D eigenvalue weighted by atomic mass is 9.94. The zero-order valence-electron chi connectivity index (χ0n) is 19.3. The third kappa shape index (κ3) is 3.80. The van der Waals surface area contributed by atoms with Crippen LogP contribution >= 0.6 is 0 Å². The zero-order valence-corrected chi connectivity index (χ0v) is 19.3. The first-order valence-corrected chi connectivity index (χ1v) is 12.3. The molecule has 2 aliphatic rings. The van der Waals surface area contributed by atoms with Crippen molar-refractivity contribution in [3.05, 3.63) is 54.2 Å². The van der Waals surface area contributed by atoms with Gasteiger partial charge in [0.1, 0.15) is 5.82 Å². The number of rotatable bonds is 3. The summed E-state index contributed by atoms with van der Waals surface area (Å²) in [7, 11) is 0. The van der Waals surface area contributed by atoms with E-state index in [2.05, 4.69) is 14.9 Å². The molecule has 0 atom stereocenters. The van der Waals surface area contributed by atoms with Crippen LogP contribution in [0.5, 0.6) is 0 Å². The standard InChI is InChI=1S/C27H30N6O/c28-25-20-8-4-5-9-22(20)29-17-21(25)26-30-23-11-10-18(16-24(23)31-26)27(34)33-14-12-32(13-15-33)19-6-2-1-3-7-19/h4-5,8-11,16-17,19H,1-3,6-7,12-15H2,(H2,28,29)(H,30,31). The van der Waals surface area contributed by atoms with Crippen LogP contribution in [0.1, 0.15) is 42.5 Å². The number of aromatic amines is 1. The monoisotopic (exact) mass is 454 g/mol. The molecular weight excluding hydrogens is 424 g/mol. The maximum Gasteiger partial charge on any atom is 0.254 e. The summed E-state index contributed by atoms with van der Waals surface area (Å²) in [6, 6.07) is 14.2. The summed E-state index contributed by atoms with van der Waals surface area (Å²) in [5.41, 5.74) is 11.0. The van der Waals surface area contributed by atoms with E-state index in [4.69, 9.17) is 10.7 Å². The van der Waals surface area contributed by atoms with Crippen LogP contribution in [0.15, 0.2) is 48.7 Å². The van der Waals surface area contributed by atoms with Gasteiger partial charge in [-0.25, -0.2) is 4.98 Å². The second-order valence-electron chi connectivity index (χ2n) is 9.54. The number of benzene rings is 2. The van der Waals surface area contributed by atoms with Gasteiger partial charge in [-0.1, -0.05) is 37.5 Å². The molecule has 34 heavy (non-hydrogen) atoms. The molecule has 1 aliphatic carbocycles. The number of pyridine rings is 1. The number of hydrogen-bond donors (Lipinski definition) is 2. The maximum absolute atomic E-state index is 13.2. The van der Waals surface area contributed by atoms with Crippen LogP contribution in [-0.4, -0.2) is 62.9 Å². The van der Waals surface area contributed by atoms with E-state index in [1.165, 1.54) is 32.1 Å². The molecule has 0 radical (unpaired) electrons. The number of aromatic nitrogens is 3. The summed E-state index contributed by atoms with van der Waals surface area (Å²) >= 11 is 0. The Bertz CT molecular complexity index is 1350. The van der Waals surface area contributed by atoms with Crippen LogP contribution in [0.4, 0.5) is 5.69 Å². The average molecular weight is 455 g/mol. The molecule has 1 aliphatic heterocycles. The van der Waals surface area contributed by atoms with Crippen molar-refractivity contribution in [2.24, 2.45) is 0 Å². The highest BCUT2D eigenvalue weighted by Crippen LogP contribution is 2.31. The van der Waals surface area contributed by atoms with Crippen molar-refractivity contribution >= 4 is 33.5 Å². The number of H-pyrrole nitrogens is 1. The van der Waals surface area contributed by atoms with E-state index in [-0.39, 0.29) is 5.91 Å². The number of fused-ring (bicyclic) bond motifs is 2. The van der Waals surface area contributed by atoms with Gasteiger partial charge < -0.3 is 15.6 Å². The molecule has 1 saturated carbocycles. The molecule has 4 aromatic rings. The molecule has 2 fully saturated rings. The van der Waals surface area contributed by atoms with Crippen molar-refractivity contribution in [1.29, 1.82) is 0 Å². The number of nitrogens with two attached hydrogens (primary N) is 1.